The molecule has 38 heteroatoms. The average Bonchev–Trinajstić information content (AvgIpc) is 3.11. The van der Waals surface area contributed by atoms with Gasteiger partial charge < -0.3 is 51.2 Å². The zero-order chi connectivity index (χ0) is 45.7. The van der Waals surface area contributed by atoms with Crippen LogP contribution in [0.1, 0.15) is 0 Å². The molecule has 0 saturated heterocycles. The molecule has 0 aliphatic carbocycles. The number of nitrogens with one attached hydrogen (secondary N) is 2. The van der Waals surface area contributed by atoms with Crippen molar-refractivity contribution in [2.75, 3.05) is 27.8 Å². The van der Waals surface area contributed by atoms with Gasteiger partial charge in [0.2, 0.25) is 34.4 Å². The van der Waals surface area contributed by atoms with Crippen LogP contribution in [-0.4, -0.2) is 86.9 Å². The van der Waals surface area contributed by atoms with E-state index >= 15 is 0 Å². The molecule has 28 nitrogen and oxygen atoms in total. The van der Waals surface area contributed by atoms with E-state index in [1.54, 1.807) is 0 Å². The summed E-state index contributed by atoms with van der Waals surface area (Å²) in [7, 11) is -22.2. The summed E-state index contributed by atoms with van der Waals surface area (Å²) in [4.78, 5) is 17.2. The Hall–Kier alpha value is -2.62. The number of nitrogens with two attached hydrogens (primary N) is 3. The molecule has 2 aromatic heterocycles. The molecule has 0 aliphatic heterocycles. The second-order valence-corrected chi connectivity index (χ2v) is 17.8. The first kappa shape index (κ1) is 59.5. The Kier molecular flexibility index (Phi) is 20.6. The zero-order valence-electron chi connectivity index (χ0n) is 33.6. The van der Waals surface area contributed by atoms with Gasteiger partial charge in [0.25, 0.3) is 0 Å². The van der Waals surface area contributed by atoms with Gasteiger partial charge in [0.05, 0.1) is 30.7 Å². The molecule has 0 spiro atoms. The van der Waals surface area contributed by atoms with Crippen molar-refractivity contribution in [3.8, 4) is 5.75 Å². The van der Waals surface area contributed by atoms with Gasteiger partial charge in [-0.05, 0) is 77.1 Å². The fourth-order valence-electron chi connectivity index (χ4n) is 5.17. The van der Waals surface area contributed by atoms with Gasteiger partial charge in [-0.15, -0.1) is 20.5 Å². The van der Waals surface area contributed by atoms with E-state index in [1.165, 1.54) is 0 Å². The van der Waals surface area contributed by atoms with Gasteiger partial charge in [0.15, 0.2) is 5.75 Å². The molecule has 66 heavy (non-hydrogen) atoms. The summed E-state index contributed by atoms with van der Waals surface area (Å²) in [6.07, 6.45) is 0. The number of aromatic hydroxyl groups is 1. The van der Waals surface area contributed by atoms with Crippen LogP contribution in [0.3, 0.4) is 0 Å². The Morgan fingerprint density at radius 3 is 1.24 bits per heavy atom. The fourth-order valence-corrected chi connectivity index (χ4v) is 7.99. The number of phenolic OH excluding ortho intramolecular Hbond substituents is 1. The third-order valence-corrected chi connectivity index (χ3v) is 11.4. The topological polar surface area (TPSA) is 478 Å². The molecule has 0 amide bonds. The number of azo groups is 2. The normalized spacial score (nSPS) is 11.9. The van der Waals surface area contributed by atoms with Crippen LogP contribution in [0.5, 0.6) is 5.75 Å². The van der Waals surface area contributed by atoms with E-state index < -0.39 is 105 Å². The van der Waals surface area contributed by atoms with Crippen LogP contribution < -0.4 is 146 Å². The maximum absolute atomic E-state index is 12.5. The predicted molar refractivity (Wildman–Crippen MR) is 208 cm³/mol. The number of anilines is 7. The van der Waals surface area contributed by atoms with Gasteiger partial charge in [0, 0.05) is 11.4 Å². The molecular weight excluding hydrogens is 1050 g/mol. The smallest absolute Gasteiger partial charge is 0.744 e. The number of benzene rings is 4. The first-order valence-electron chi connectivity index (χ1n) is 15.6. The minimum atomic E-state index is -5.75. The largest absolute Gasteiger partial charge is 1.00 e. The number of nitrogens with zero attached hydrogens (tertiary/aromatic N) is 10. The molecule has 9 N–H and O–H groups in total. The van der Waals surface area contributed by atoms with Crippen LogP contribution >= 0.6 is 23.2 Å². The molecule has 0 radical (unpaired) electrons. The van der Waals surface area contributed by atoms with Crippen LogP contribution in [-0.2, 0) is 40.5 Å². The number of hydrogen-bond donors (Lipinski definition) is 6. The molecule has 6 rings (SSSR count). The molecule has 4 aromatic carbocycles. The number of nitrogen functional groups attached to an aromatic ring is 3. The number of fused-ring (bicyclic) bond motifs is 1. The maximum atomic E-state index is 12.5. The summed E-state index contributed by atoms with van der Waals surface area (Å²) in [6, 6.07) is 6.06. The summed E-state index contributed by atoms with van der Waals surface area (Å²) in [5, 5.41) is 28.6. The average molecular weight is 1060 g/mol. The Morgan fingerprint density at radius 2 is 0.879 bits per heavy atom. The van der Waals surface area contributed by atoms with E-state index in [4.69, 9.17) is 40.4 Å². The van der Waals surface area contributed by atoms with Gasteiger partial charge in [0.1, 0.15) is 63.2 Å². The number of phenols is 1. The third kappa shape index (κ3) is 14.2. The van der Waals surface area contributed by atoms with Gasteiger partial charge in [-0.25, -0.2) is 33.7 Å². The van der Waals surface area contributed by atoms with Crippen molar-refractivity contribution >= 4 is 138 Å². The third-order valence-electron chi connectivity index (χ3n) is 7.59. The Morgan fingerprint density at radius 1 is 0.515 bits per heavy atom. The van der Waals surface area contributed by atoms with Crippen LogP contribution in [0.25, 0.3) is 10.8 Å². The van der Waals surface area contributed by atoms with Crippen molar-refractivity contribution in [2.24, 2.45) is 20.5 Å². The molecule has 324 valence electrons. The molecule has 0 bridgehead atoms. The van der Waals surface area contributed by atoms with Crippen LogP contribution in [0, 0.1) is 0 Å². The second kappa shape index (κ2) is 22.9. The van der Waals surface area contributed by atoms with Crippen molar-refractivity contribution < 1.29 is 175 Å². The fraction of sp³-hybridized carbons (Fsp3) is 0. The summed E-state index contributed by atoms with van der Waals surface area (Å²) in [6.45, 7) is 0. The summed E-state index contributed by atoms with van der Waals surface area (Å²) in [5.74, 6) is -2.64. The van der Waals surface area contributed by atoms with Crippen molar-refractivity contribution in [1.29, 1.82) is 0 Å². The van der Waals surface area contributed by atoms with Gasteiger partial charge in [-0.3, -0.25) is 0 Å². The number of rotatable bonds is 12. The standard InChI is InChI=1S/C28H21Cl2N15O13S4.4Na/c29-23-36-25(32)40-27(38-23)34-10-1-3-14(59(47,48)49)12(7-10)42-44-20-16(61(53,54)55)5-9-6-17(62(56,57)58)21(22(46)18(9)19(20)31)45-43-13-8-11(2-4-15(13)60(50,51)52)35-28-39-24(30)37-26(33)41-28;;;;/h1-8,46H,31H2,(H,47,48,49)(H,50,51,52)(H,53,54,55)(H,56,57,58)(H3,32,34,36,38,40)(H3,33,35,37,39,41);;;;/q;4*+1/p-4. The van der Waals surface area contributed by atoms with Crippen LogP contribution in [0.15, 0.2) is 88.6 Å². The van der Waals surface area contributed by atoms with Crippen LogP contribution in [0.2, 0.25) is 10.6 Å². The Labute approximate surface area is 469 Å². The predicted octanol–water partition coefficient (Wildman–Crippen LogP) is -9.08. The number of aromatic nitrogens is 6. The molecule has 0 unspecified atom stereocenters. The minimum Gasteiger partial charge on any atom is -0.744 e. The van der Waals surface area contributed by atoms with Gasteiger partial charge >= 0.3 is 118 Å². The number of halogens is 2. The van der Waals surface area contributed by atoms with Crippen LogP contribution in [0.4, 0.5) is 63.6 Å². The second-order valence-electron chi connectivity index (χ2n) is 11.7. The maximum Gasteiger partial charge on any atom is 1.00 e. The summed E-state index contributed by atoms with van der Waals surface area (Å²) < 4.78 is 148. The monoisotopic (exact) mass is 1060 g/mol. The first-order chi connectivity index (χ1) is 28.7. The number of hydrogen-bond acceptors (Lipinski definition) is 28. The molecule has 0 atom stereocenters. The van der Waals surface area contributed by atoms with E-state index in [2.05, 4.69) is 61.0 Å². The SMILES string of the molecule is Nc1nc(Cl)nc(Nc2ccc(S(=O)(=O)[O-])c(N=Nc3c(S(=O)(=O)[O-])cc4cc(S(=O)(=O)[O-])c(N=Nc5cc(Nc6nc(N)nc(Cl)n6)ccc5S(=O)(=O)[O-])c(O)c4c3N)c2)n1.[Na+].[Na+].[Na+].[Na+]. The van der Waals surface area contributed by atoms with Gasteiger partial charge in [-0.1, -0.05) is 0 Å². The Bertz CT molecular complexity index is 3160. The molecule has 6 aromatic rings. The van der Waals surface area contributed by atoms with Crippen molar-refractivity contribution in [1.82, 2.24) is 29.9 Å². The molecule has 2 heterocycles. The molecule has 0 fully saturated rings. The quantitative estimate of drug-likeness (QED) is 0.0287. The van der Waals surface area contributed by atoms with Gasteiger partial charge in [-0.2, -0.15) is 29.9 Å². The van der Waals surface area contributed by atoms with E-state index in [-0.39, 0.29) is 164 Å². The molecular formula is C28H17Cl2N15Na4O13S4. The first-order valence-corrected chi connectivity index (χ1v) is 22.0. The van der Waals surface area contributed by atoms with E-state index in [9.17, 15) is 57.0 Å². The summed E-state index contributed by atoms with van der Waals surface area (Å²) >= 11 is 11.5. The minimum absolute atomic E-state index is 0. The van der Waals surface area contributed by atoms with Crippen molar-refractivity contribution in [3.05, 3.63) is 59.1 Å². The van der Waals surface area contributed by atoms with Crippen molar-refractivity contribution in [3.63, 3.8) is 0 Å². The van der Waals surface area contributed by atoms with E-state index in [0.717, 1.165) is 36.4 Å². The Balaban J connectivity index is 0.00000374. The van der Waals surface area contributed by atoms with E-state index in [1.807, 2.05) is 0 Å². The van der Waals surface area contributed by atoms with E-state index in [0.29, 0.717) is 12.1 Å². The zero-order valence-corrected chi connectivity index (χ0v) is 46.3. The molecule has 0 saturated carbocycles. The van der Waals surface area contributed by atoms with Crippen molar-refractivity contribution in [2.45, 2.75) is 19.6 Å². The molecule has 0 aliphatic rings. The summed E-state index contributed by atoms with van der Waals surface area (Å²) in [5.41, 5.74) is 12.0.